The lowest BCUT2D eigenvalue weighted by molar-refractivity contribution is 0.787. The van der Waals surface area contributed by atoms with Crippen molar-refractivity contribution in [1.82, 2.24) is 5.43 Å². The Kier molecular flexibility index (Phi) is 4.43. The van der Waals surface area contributed by atoms with E-state index in [4.69, 9.17) is 5.84 Å². The van der Waals surface area contributed by atoms with Gasteiger partial charge in [-0.15, -0.1) is 0 Å². The topological polar surface area (TPSA) is 50.1 Å². The summed E-state index contributed by atoms with van der Waals surface area (Å²) in [4.78, 5) is 0. The Labute approximate surface area is 85.7 Å². The minimum Gasteiger partial charge on any atom is -0.371 e. The zero-order valence-corrected chi connectivity index (χ0v) is 8.93. The van der Waals surface area contributed by atoms with Crippen LogP contribution in [0.15, 0.2) is 18.2 Å². The number of rotatable bonds is 5. The fraction of sp³-hybridized carbons (Fsp3) is 0.455. The Morgan fingerprint density at radius 3 is 2.14 bits per heavy atom. The molecule has 0 saturated carbocycles. The first-order chi connectivity index (χ1) is 6.83. The SMILES string of the molecule is CCc1cccc(CC)c1NCNN. The van der Waals surface area contributed by atoms with Gasteiger partial charge in [0.05, 0.1) is 6.67 Å². The van der Waals surface area contributed by atoms with Crippen molar-refractivity contribution in [2.75, 3.05) is 12.0 Å². The highest BCUT2D eigenvalue weighted by Crippen LogP contribution is 2.21. The molecule has 1 aromatic rings. The second-order valence-corrected chi connectivity index (χ2v) is 3.22. The maximum absolute atomic E-state index is 5.25. The Bertz CT molecular complexity index is 262. The van der Waals surface area contributed by atoms with Crippen molar-refractivity contribution < 1.29 is 0 Å². The number of nitrogens with one attached hydrogen (secondary N) is 2. The number of anilines is 1. The molecule has 14 heavy (non-hydrogen) atoms. The van der Waals surface area contributed by atoms with E-state index in [0.717, 1.165) is 12.8 Å². The molecule has 0 heterocycles. The van der Waals surface area contributed by atoms with Crippen LogP contribution in [0.4, 0.5) is 5.69 Å². The minimum absolute atomic E-state index is 0.601. The predicted molar refractivity (Wildman–Crippen MR) is 61.0 cm³/mol. The van der Waals surface area contributed by atoms with E-state index in [-0.39, 0.29) is 0 Å². The molecule has 0 aliphatic heterocycles. The zero-order chi connectivity index (χ0) is 10.4. The standard InChI is InChI=1S/C11H19N3/c1-3-9-6-5-7-10(4-2)11(9)13-8-14-12/h5-7,13-14H,3-4,8,12H2,1-2H3. The number of para-hydroxylation sites is 1. The van der Waals surface area contributed by atoms with Crippen LogP contribution >= 0.6 is 0 Å². The Morgan fingerprint density at radius 2 is 1.71 bits per heavy atom. The van der Waals surface area contributed by atoms with E-state index in [1.807, 2.05) is 0 Å². The number of benzene rings is 1. The van der Waals surface area contributed by atoms with Crippen LogP contribution in [0.3, 0.4) is 0 Å². The van der Waals surface area contributed by atoms with Crippen LogP contribution in [0.25, 0.3) is 0 Å². The van der Waals surface area contributed by atoms with Crippen molar-refractivity contribution in [3.63, 3.8) is 0 Å². The summed E-state index contributed by atoms with van der Waals surface area (Å²) < 4.78 is 0. The first kappa shape index (κ1) is 11.0. The lowest BCUT2D eigenvalue weighted by Gasteiger charge is -2.14. The first-order valence-corrected chi connectivity index (χ1v) is 5.11. The third kappa shape index (κ3) is 2.47. The summed E-state index contributed by atoms with van der Waals surface area (Å²) in [7, 11) is 0. The van der Waals surface area contributed by atoms with Crippen LogP contribution in [-0.4, -0.2) is 6.67 Å². The van der Waals surface area contributed by atoms with E-state index in [1.54, 1.807) is 0 Å². The molecule has 0 atom stereocenters. The number of hydrogen-bond donors (Lipinski definition) is 3. The van der Waals surface area contributed by atoms with Crippen LogP contribution in [0.2, 0.25) is 0 Å². The highest BCUT2D eigenvalue weighted by atomic mass is 15.3. The molecule has 0 aromatic heterocycles. The molecule has 3 heteroatoms. The van der Waals surface area contributed by atoms with Gasteiger partial charge < -0.3 is 5.32 Å². The van der Waals surface area contributed by atoms with E-state index < -0.39 is 0 Å². The molecule has 0 amide bonds. The van der Waals surface area contributed by atoms with E-state index in [0.29, 0.717) is 6.67 Å². The van der Waals surface area contributed by atoms with Gasteiger partial charge in [-0.1, -0.05) is 32.0 Å². The Balaban J connectivity index is 2.93. The summed E-state index contributed by atoms with van der Waals surface area (Å²) in [6.07, 6.45) is 2.08. The van der Waals surface area contributed by atoms with Crippen LogP contribution < -0.4 is 16.6 Å². The van der Waals surface area contributed by atoms with Gasteiger partial charge >= 0.3 is 0 Å². The first-order valence-electron chi connectivity index (χ1n) is 5.11. The highest BCUT2D eigenvalue weighted by molar-refractivity contribution is 5.57. The van der Waals surface area contributed by atoms with Gasteiger partial charge in [-0.05, 0) is 24.0 Å². The highest BCUT2D eigenvalue weighted by Gasteiger charge is 2.04. The fourth-order valence-electron chi connectivity index (χ4n) is 1.61. The summed E-state index contributed by atoms with van der Waals surface area (Å²) in [5.41, 5.74) is 6.53. The van der Waals surface area contributed by atoms with Gasteiger partial charge in [-0.2, -0.15) is 0 Å². The van der Waals surface area contributed by atoms with E-state index in [9.17, 15) is 0 Å². The predicted octanol–water partition coefficient (Wildman–Crippen LogP) is 1.64. The van der Waals surface area contributed by atoms with Gasteiger partial charge in [-0.3, -0.25) is 5.84 Å². The molecule has 0 saturated heterocycles. The normalized spacial score (nSPS) is 10.2. The van der Waals surface area contributed by atoms with Crippen LogP contribution in [-0.2, 0) is 12.8 Å². The van der Waals surface area contributed by atoms with Gasteiger partial charge in [0.2, 0.25) is 0 Å². The van der Waals surface area contributed by atoms with Crippen molar-refractivity contribution >= 4 is 5.69 Å². The van der Waals surface area contributed by atoms with E-state index in [1.165, 1.54) is 16.8 Å². The molecule has 3 nitrogen and oxygen atoms in total. The van der Waals surface area contributed by atoms with Crippen molar-refractivity contribution in [3.8, 4) is 0 Å². The molecule has 0 spiro atoms. The maximum atomic E-state index is 5.25. The maximum Gasteiger partial charge on any atom is 0.0781 e. The lowest BCUT2D eigenvalue weighted by atomic mass is 10.0. The quantitative estimate of drug-likeness (QED) is 0.378. The molecular formula is C11H19N3. The monoisotopic (exact) mass is 193 g/mol. The van der Waals surface area contributed by atoms with Gasteiger partial charge in [0.15, 0.2) is 0 Å². The summed E-state index contributed by atoms with van der Waals surface area (Å²) in [5, 5.41) is 3.30. The average molecular weight is 193 g/mol. The third-order valence-electron chi connectivity index (χ3n) is 2.37. The summed E-state index contributed by atoms with van der Waals surface area (Å²) in [5.74, 6) is 5.25. The molecule has 0 aliphatic carbocycles. The minimum atomic E-state index is 0.601. The Morgan fingerprint density at radius 1 is 1.14 bits per heavy atom. The molecule has 0 aliphatic rings. The number of hydrazine groups is 1. The van der Waals surface area contributed by atoms with Gasteiger partial charge in [0.1, 0.15) is 0 Å². The zero-order valence-electron chi connectivity index (χ0n) is 8.93. The second-order valence-electron chi connectivity index (χ2n) is 3.22. The van der Waals surface area contributed by atoms with E-state index in [2.05, 4.69) is 42.8 Å². The number of aryl methyl sites for hydroxylation is 2. The summed E-state index contributed by atoms with van der Waals surface area (Å²) >= 11 is 0. The van der Waals surface area contributed by atoms with Crippen LogP contribution in [0.5, 0.6) is 0 Å². The summed E-state index contributed by atoms with van der Waals surface area (Å²) in [6, 6.07) is 6.41. The smallest absolute Gasteiger partial charge is 0.0781 e. The number of nitrogens with two attached hydrogens (primary N) is 1. The molecule has 0 fully saturated rings. The van der Waals surface area contributed by atoms with Crippen LogP contribution in [0.1, 0.15) is 25.0 Å². The molecule has 1 rings (SSSR count). The largest absolute Gasteiger partial charge is 0.371 e. The fourth-order valence-corrected chi connectivity index (χ4v) is 1.61. The Hall–Kier alpha value is -1.06. The molecule has 4 N–H and O–H groups in total. The van der Waals surface area contributed by atoms with Crippen molar-refractivity contribution in [1.29, 1.82) is 0 Å². The lowest BCUT2D eigenvalue weighted by Crippen LogP contribution is -2.29. The number of hydrogen-bond acceptors (Lipinski definition) is 3. The van der Waals surface area contributed by atoms with E-state index >= 15 is 0 Å². The van der Waals surface area contributed by atoms with Gasteiger partial charge in [0.25, 0.3) is 0 Å². The van der Waals surface area contributed by atoms with Crippen molar-refractivity contribution in [2.24, 2.45) is 5.84 Å². The van der Waals surface area contributed by atoms with Crippen molar-refractivity contribution in [2.45, 2.75) is 26.7 Å². The molecule has 1 aromatic carbocycles. The van der Waals surface area contributed by atoms with Gasteiger partial charge in [-0.25, -0.2) is 5.43 Å². The average Bonchev–Trinajstić information content (AvgIpc) is 2.25. The molecule has 0 bridgehead atoms. The van der Waals surface area contributed by atoms with Gasteiger partial charge in [0, 0.05) is 5.69 Å². The molecule has 0 radical (unpaired) electrons. The second kappa shape index (κ2) is 5.62. The third-order valence-corrected chi connectivity index (χ3v) is 2.37. The summed E-state index contributed by atoms with van der Waals surface area (Å²) in [6.45, 7) is 4.93. The van der Waals surface area contributed by atoms with Crippen molar-refractivity contribution in [3.05, 3.63) is 29.3 Å². The molecule has 78 valence electrons. The van der Waals surface area contributed by atoms with Crippen LogP contribution in [0, 0.1) is 0 Å². The molecule has 0 unspecified atom stereocenters. The molecular weight excluding hydrogens is 174 g/mol.